The number of aryl methyl sites for hydroxylation is 1. The van der Waals surface area contributed by atoms with E-state index in [1.807, 2.05) is 47.2 Å². The van der Waals surface area contributed by atoms with Gasteiger partial charge >= 0.3 is 0 Å². The van der Waals surface area contributed by atoms with E-state index in [9.17, 15) is 4.79 Å². The fraction of sp³-hybridized carbons (Fsp3) is 0.158. The maximum atomic E-state index is 12.2. The summed E-state index contributed by atoms with van der Waals surface area (Å²) in [6.07, 6.45) is 1.76. The van der Waals surface area contributed by atoms with E-state index in [4.69, 9.17) is 4.42 Å². The van der Waals surface area contributed by atoms with Gasteiger partial charge in [0.1, 0.15) is 5.58 Å². The lowest BCUT2D eigenvalue weighted by Crippen LogP contribution is -2.14. The molecule has 4 rings (SSSR count). The summed E-state index contributed by atoms with van der Waals surface area (Å²) in [4.78, 5) is 16.4. The highest BCUT2D eigenvalue weighted by atomic mass is 32.2. The summed E-state index contributed by atoms with van der Waals surface area (Å²) in [5.41, 5.74) is 1.67. The molecule has 7 nitrogen and oxygen atoms in total. The molecule has 0 unspecified atom stereocenters. The van der Waals surface area contributed by atoms with Crippen LogP contribution in [0.25, 0.3) is 22.6 Å². The van der Waals surface area contributed by atoms with Crippen LogP contribution in [0, 0.1) is 6.92 Å². The van der Waals surface area contributed by atoms with Gasteiger partial charge in [0.25, 0.3) is 0 Å². The smallest absolute Gasteiger partial charge is 0.236 e. The number of benzene rings is 1. The van der Waals surface area contributed by atoms with Crippen LogP contribution >= 0.6 is 23.1 Å². The first-order chi connectivity index (χ1) is 13.6. The molecular weight excluding hydrogens is 394 g/mol. The summed E-state index contributed by atoms with van der Waals surface area (Å²) >= 11 is 2.71. The van der Waals surface area contributed by atoms with Crippen LogP contribution in [0.3, 0.4) is 0 Å². The molecule has 1 amide bonds. The molecule has 28 heavy (non-hydrogen) atoms. The SMILES string of the molecule is C=CCn1c(SCC(=O)Nc2nc(C)cs2)nnc1-c1cc2ccccc2o1. The molecule has 3 aromatic heterocycles. The van der Waals surface area contributed by atoms with Crippen molar-refractivity contribution >= 4 is 45.1 Å². The van der Waals surface area contributed by atoms with Gasteiger partial charge < -0.3 is 9.73 Å². The maximum Gasteiger partial charge on any atom is 0.236 e. The summed E-state index contributed by atoms with van der Waals surface area (Å²) in [6.45, 7) is 6.20. The van der Waals surface area contributed by atoms with Crippen molar-refractivity contribution in [3.63, 3.8) is 0 Å². The number of furan rings is 1. The van der Waals surface area contributed by atoms with Crippen LogP contribution in [0.2, 0.25) is 0 Å². The zero-order chi connectivity index (χ0) is 19.5. The molecular formula is C19H17N5O2S2. The number of amides is 1. The van der Waals surface area contributed by atoms with Crippen molar-refractivity contribution in [3.05, 3.63) is 54.1 Å². The Labute approximate surface area is 169 Å². The average Bonchev–Trinajstić information content (AvgIpc) is 3.38. The van der Waals surface area contributed by atoms with Crippen molar-refractivity contribution in [1.29, 1.82) is 0 Å². The number of rotatable bonds is 7. The number of carbonyl (C=O) groups excluding carboxylic acids is 1. The van der Waals surface area contributed by atoms with Gasteiger partial charge in [0.2, 0.25) is 11.7 Å². The third-order valence-electron chi connectivity index (χ3n) is 3.87. The molecule has 142 valence electrons. The quantitative estimate of drug-likeness (QED) is 0.359. The topological polar surface area (TPSA) is 85.8 Å². The summed E-state index contributed by atoms with van der Waals surface area (Å²) in [5, 5.41) is 15.4. The number of thioether (sulfide) groups is 1. The Balaban J connectivity index is 1.52. The van der Waals surface area contributed by atoms with Crippen molar-refractivity contribution in [1.82, 2.24) is 19.7 Å². The number of nitrogens with one attached hydrogen (secondary N) is 1. The lowest BCUT2D eigenvalue weighted by Gasteiger charge is -2.06. The van der Waals surface area contributed by atoms with Crippen molar-refractivity contribution in [2.24, 2.45) is 0 Å². The molecule has 0 aliphatic heterocycles. The van der Waals surface area contributed by atoms with Crippen molar-refractivity contribution in [2.45, 2.75) is 18.6 Å². The number of fused-ring (bicyclic) bond motifs is 1. The number of hydrogen-bond donors (Lipinski definition) is 1. The third-order valence-corrected chi connectivity index (χ3v) is 5.71. The van der Waals surface area contributed by atoms with Crippen LogP contribution in [0.5, 0.6) is 0 Å². The van der Waals surface area contributed by atoms with Gasteiger partial charge in [0.05, 0.1) is 11.4 Å². The fourth-order valence-corrected chi connectivity index (χ4v) is 4.11. The molecule has 0 bridgehead atoms. The van der Waals surface area contributed by atoms with Crippen LogP contribution < -0.4 is 5.32 Å². The monoisotopic (exact) mass is 411 g/mol. The van der Waals surface area contributed by atoms with Crippen LogP contribution in [-0.2, 0) is 11.3 Å². The molecule has 3 heterocycles. The van der Waals surface area contributed by atoms with Crippen LogP contribution in [0.4, 0.5) is 5.13 Å². The van der Waals surface area contributed by atoms with E-state index in [-0.39, 0.29) is 11.7 Å². The summed E-state index contributed by atoms with van der Waals surface area (Å²) < 4.78 is 7.79. The summed E-state index contributed by atoms with van der Waals surface area (Å²) in [7, 11) is 0. The molecule has 0 saturated carbocycles. The Morgan fingerprint density at radius 2 is 2.25 bits per heavy atom. The molecule has 1 N–H and O–H groups in total. The largest absolute Gasteiger partial charge is 0.453 e. The predicted molar refractivity (Wildman–Crippen MR) is 112 cm³/mol. The van der Waals surface area contributed by atoms with Crippen LogP contribution in [0.1, 0.15) is 5.69 Å². The molecule has 0 aliphatic carbocycles. The van der Waals surface area contributed by atoms with Gasteiger partial charge in [-0.1, -0.05) is 36.0 Å². The lowest BCUT2D eigenvalue weighted by atomic mass is 10.2. The van der Waals surface area contributed by atoms with E-state index in [0.29, 0.717) is 28.4 Å². The van der Waals surface area contributed by atoms with Gasteiger partial charge in [-0.15, -0.1) is 28.1 Å². The highest BCUT2D eigenvalue weighted by Gasteiger charge is 2.18. The standard InChI is InChI=1S/C19H17N5O2S2/c1-3-8-24-17(15-9-13-6-4-5-7-14(13)26-15)22-23-19(24)28-11-16(25)21-18-20-12(2)10-27-18/h3-7,9-10H,1,8,11H2,2H3,(H,20,21,25). The molecule has 0 radical (unpaired) electrons. The Kier molecular flexibility index (Phi) is 5.27. The van der Waals surface area contributed by atoms with Gasteiger partial charge in [0, 0.05) is 17.3 Å². The van der Waals surface area contributed by atoms with E-state index in [1.165, 1.54) is 23.1 Å². The molecule has 0 atom stereocenters. The normalized spacial score (nSPS) is 11.0. The number of allylic oxidation sites excluding steroid dienone is 1. The number of aromatic nitrogens is 4. The first-order valence-corrected chi connectivity index (χ1v) is 10.4. The Morgan fingerprint density at radius 3 is 3.00 bits per heavy atom. The minimum Gasteiger partial charge on any atom is -0.453 e. The zero-order valence-corrected chi connectivity index (χ0v) is 16.7. The van der Waals surface area contributed by atoms with Gasteiger partial charge in [-0.05, 0) is 19.1 Å². The number of anilines is 1. The number of nitrogens with zero attached hydrogens (tertiary/aromatic N) is 4. The van der Waals surface area contributed by atoms with E-state index in [2.05, 4.69) is 27.1 Å². The molecule has 0 fully saturated rings. The van der Waals surface area contributed by atoms with Gasteiger partial charge in [0.15, 0.2) is 16.0 Å². The second kappa shape index (κ2) is 7.99. The van der Waals surface area contributed by atoms with Crippen LogP contribution in [0.15, 0.2) is 57.9 Å². The minimum atomic E-state index is -0.141. The second-order valence-corrected chi connectivity index (χ2v) is 7.79. The van der Waals surface area contributed by atoms with Crippen LogP contribution in [-0.4, -0.2) is 31.4 Å². The van der Waals surface area contributed by atoms with Gasteiger partial charge in [-0.2, -0.15) is 0 Å². The number of carbonyl (C=O) groups is 1. The Bertz CT molecular complexity index is 1110. The number of para-hydroxylation sites is 1. The predicted octanol–water partition coefficient (Wildman–Crippen LogP) is 4.37. The molecule has 0 aliphatic rings. The molecule has 0 spiro atoms. The highest BCUT2D eigenvalue weighted by molar-refractivity contribution is 7.99. The van der Waals surface area contributed by atoms with E-state index < -0.39 is 0 Å². The number of thiazole rings is 1. The second-order valence-electron chi connectivity index (χ2n) is 5.98. The van der Waals surface area contributed by atoms with Gasteiger partial charge in [-0.3, -0.25) is 9.36 Å². The van der Waals surface area contributed by atoms with E-state index in [0.717, 1.165) is 16.7 Å². The zero-order valence-electron chi connectivity index (χ0n) is 15.1. The summed E-state index contributed by atoms with van der Waals surface area (Å²) in [5.74, 6) is 1.30. The first-order valence-electron chi connectivity index (χ1n) is 8.52. The van der Waals surface area contributed by atoms with Crippen molar-refractivity contribution in [3.8, 4) is 11.6 Å². The Morgan fingerprint density at radius 1 is 1.39 bits per heavy atom. The molecule has 1 aromatic carbocycles. The van der Waals surface area contributed by atoms with E-state index >= 15 is 0 Å². The van der Waals surface area contributed by atoms with Crippen molar-refractivity contribution < 1.29 is 9.21 Å². The maximum absolute atomic E-state index is 12.2. The average molecular weight is 412 g/mol. The van der Waals surface area contributed by atoms with Gasteiger partial charge in [-0.25, -0.2) is 4.98 Å². The fourth-order valence-electron chi connectivity index (χ4n) is 2.66. The minimum absolute atomic E-state index is 0.141. The lowest BCUT2D eigenvalue weighted by molar-refractivity contribution is -0.113. The molecule has 4 aromatic rings. The highest BCUT2D eigenvalue weighted by Crippen LogP contribution is 2.29. The number of hydrogen-bond acceptors (Lipinski definition) is 7. The third kappa shape index (κ3) is 3.85. The van der Waals surface area contributed by atoms with Crippen molar-refractivity contribution in [2.75, 3.05) is 11.1 Å². The molecule has 0 saturated heterocycles. The first kappa shape index (κ1) is 18.5. The van der Waals surface area contributed by atoms with E-state index in [1.54, 1.807) is 6.08 Å². The Hall–Kier alpha value is -2.91. The molecule has 9 heteroatoms. The summed E-state index contributed by atoms with van der Waals surface area (Å²) in [6, 6.07) is 9.71.